The zero-order chi connectivity index (χ0) is 16.3. The topological polar surface area (TPSA) is 66.8 Å². The Hall–Kier alpha value is -0.660. The molecule has 5 nitrogen and oxygen atoms in total. The van der Waals surface area contributed by atoms with Gasteiger partial charge in [-0.2, -0.15) is 4.31 Å². The van der Waals surface area contributed by atoms with E-state index in [0.717, 1.165) is 6.42 Å². The molecule has 1 N–H and O–H groups in total. The molecular weight excluding hydrogens is 326 g/mol. The lowest BCUT2D eigenvalue weighted by Crippen LogP contribution is -2.58. The van der Waals surface area contributed by atoms with Crippen LogP contribution < -0.4 is 0 Å². The maximum Gasteiger partial charge on any atom is 0.243 e. The van der Waals surface area contributed by atoms with E-state index in [1.807, 2.05) is 6.92 Å². The van der Waals surface area contributed by atoms with E-state index in [-0.39, 0.29) is 17.5 Å². The Kier molecular flexibility index (Phi) is 5.85. The van der Waals surface area contributed by atoms with Gasteiger partial charge >= 0.3 is 0 Å². The third-order valence-corrected chi connectivity index (χ3v) is 6.10. The molecule has 1 heterocycles. The van der Waals surface area contributed by atoms with Gasteiger partial charge in [-0.05, 0) is 37.6 Å². The summed E-state index contributed by atoms with van der Waals surface area (Å²) in [5.41, 5.74) is 0. The van der Waals surface area contributed by atoms with Crippen LogP contribution in [0.15, 0.2) is 29.2 Å². The van der Waals surface area contributed by atoms with Crippen molar-refractivity contribution >= 4 is 21.6 Å². The Morgan fingerprint density at radius 2 is 2.00 bits per heavy atom. The van der Waals surface area contributed by atoms with Gasteiger partial charge in [0, 0.05) is 11.1 Å². The molecule has 1 aromatic rings. The summed E-state index contributed by atoms with van der Waals surface area (Å²) in [7, 11) is -3.71. The van der Waals surface area contributed by atoms with Gasteiger partial charge in [-0.15, -0.1) is 0 Å². The molecule has 22 heavy (non-hydrogen) atoms. The normalized spacial score (nSPS) is 25.1. The molecule has 0 amide bonds. The first-order chi connectivity index (χ1) is 10.4. The fourth-order valence-electron chi connectivity index (χ4n) is 2.74. The van der Waals surface area contributed by atoms with Gasteiger partial charge in [-0.25, -0.2) is 8.42 Å². The van der Waals surface area contributed by atoms with Crippen molar-refractivity contribution < 1.29 is 18.3 Å². The Balaban J connectivity index is 2.43. The van der Waals surface area contributed by atoms with Gasteiger partial charge in [0.1, 0.15) is 0 Å². The van der Waals surface area contributed by atoms with E-state index in [1.165, 1.54) is 16.4 Å². The van der Waals surface area contributed by atoms with Crippen molar-refractivity contribution in [1.29, 1.82) is 0 Å². The number of ether oxygens (including phenoxy) is 1. The zero-order valence-electron chi connectivity index (χ0n) is 12.8. The van der Waals surface area contributed by atoms with E-state index in [9.17, 15) is 13.5 Å². The first-order valence-electron chi connectivity index (χ1n) is 7.42. The van der Waals surface area contributed by atoms with Crippen LogP contribution in [-0.2, 0) is 14.8 Å². The van der Waals surface area contributed by atoms with Gasteiger partial charge in [0.05, 0.1) is 30.3 Å². The fraction of sp³-hybridized carbons (Fsp3) is 0.600. The van der Waals surface area contributed by atoms with E-state index < -0.39 is 22.2 Å². The van der Waals surface area contributed by atoms with E-state index in [0.29, 0.717) is 18.1 Å². The monoisotopic (exact) mass is 347 g/mol. The Bertz CT molecular complexity index is 586. The lowest BCUT2D eigenvalue weighted by molar-refractivity contribution is -0.0491. The van der Waals surface area contributed by atoms with Crippen molar-refractivity contribution in [1.82, 2.24) is 4.31 Å². The summed E-state index contributed by atoms with van der Waals surface area (Å²) >= 11 is 5.84. The van der Waals surface area contributed by atoms with Crippen LogP contribution in [0.4, 0.5) is 0 Å². The predicted octanol–water partition coefficient (Wildman–Crippen LogP) is 2.28. The van der Waals surface area contributed by atoms with Crippen molar-refractivity contribution in [3.8, 4) is 0 Å². The molecule has 0 radical (unpaired) electrons. The number of hydrogen-bond acceptors (Lipinski definition) is 4. The first-order valence-corrected chi connectivity index (χ1v) is 9.24. The minimum atomic E-state index is -3.71. The summed E-state index contributed by atoms with van der Waals surface area (Å²) in [6, 6.07) is 5.26. The molecule has 0 aliphatic carbocycles. The highest BCUT2D eigenvalue weighted by Gasteiger charge is 2.42. The minimum Gasteiger partial charge on any atom is -0.392 e. The van der Waals surface area contributed by atoms with Gasteiger partial charge < -0.3 is 9.84 Å². The molecule has 1 aromatic carbocycles. The molecule has 3 atom stereocenters. The largest absolute Gasteiger partial charge is 0.392 e. The molecule has 1 aliphatic rings. The maximum atomic E-state index is 13.0. The quantitative estimate of drug-likeness (QED) is 0.887. The van der Waals surface area contributed by atoms with E-state index in [2.05, 4.69) is 0 Å². The third kappa shape index (κ3) is 3.63. The molecule has 0 aromatic heterocycles. The summed E-state index contributed by atoms with van der Waals surface area (Å²) < 4.78 is 33.0. The standard InChI is InChI=1S/C15H22ClNO4S/c1-3-4-13-9-21-10-15(11(2)18)17(13)22(19,20)14-7-5-12(16)6-8-14/h5-8,11,13,15,18H,3-4,9-10H2,1-2H3/t11?,13-,15-/m1/s1. The molecule has 0 bridgehead atoms. The smallest absolute Gasteiger partial charge is 0.243 e. The number of aliphatic hydroxyl groups excluding tert-OH is 1. The summed E-state index contributed by atoms with van der Waals surface area (Å²) in [6.07, 6.45) is 0.727. The minimum absolute atomic E-state index is 0.186. The highest BCUT2D eigenvalue weighted by molar-refractivity contribution is 7.89. The fourth-order valence-corrected chi connectivity index (χ4v) is 4.74. The van der Waals surface area contributed by atoms with Gasteiger partial charge in [0.25, 0.3) is 0 Å². The second-order valence-electron chi connectivity index (χ2n) is 5.58. The number of sulfonamides is 1. The Labute approximate surface area is 136 Å². The lowest BCUT2D eigenvalue weighted by atomic mass is 10.1. The van der Waals surface area contributed by atoms with Crippen molar-refractivity contribution in [2.75, 3.05) is 13.2 Å². The molecular formula is C15H22ClNO4S. The lowest BCUT2D eigenvalue weighted by Gasteiger charge is -2.42. The van der Waals surface area contributed by atoms with E-state index in [4.69, 9.17) is 16.3 Å². The van der Waals surface area contributed by atoms with E-state index in [1.54, 1.807) is 19.1 Å². The average molecular weight is 348 g/mol. The number of morpholine rings is 1. The highest BCUT2D eigenvalue weighted by atomic mass is 35.5. The molecule has 7 heteroatoms. The van der Waals surface area contributed by atoms with Crippen LogP contribution in [0, 0.1) is 0 Å². The van der Waals surface area contributed by atoms with Gasteiger partial charge in [0.15, 0.2) is 0 Å². The SMILES string of the molecule is CCC[C@@H]1COC[C@H](C(C)O)N1S(=O)(=O)c1ccc(Cl)cc1. The third-order valence-electron chi connectivity index (χ3n) is 3.85. The summed E-state index contributed by atoms with van der Waals surface area (Å²) in [6.45, 7) is 4.14. The van der Waals surface area contributed by atoms with Gasteiger partial charge in [-0.3, -0.25) is 0 Å². The number of nitrogens with zero attached hydrogens (tertiary/aromatic N) is 1. The number of halogens is 1. The molecule has 124 valence electrons. The van der Waals surface area contributed by atoms with Crippen LogP contribution in [0.1, 0.15) is 26.7 Å². The van der Waals surface area contributed by atoms with E-state index >= 15 is 0 Å². The zero-order valence-corrected chi connectivity index (χ0v) is 14.3. The van der Waals surface area contributed by atoms with Crippen LogP contribution in [0.2, 0.25) is 5.02 Å². The maximum absolute atomic E-state index is 13.0. The summed E-state index contributed by atoms with van der Waals surface area (Å²) in [5, 5.41) is 10.5. The second kappa shape index (κ2) is 7.27. The first kappa shape index (κ1) is 17.7. The van der Waals surface area contributed by atoms with Crippen LogP contribution >= 0.6 is 11.6 Å². The van der Waals surface area contributed by atoms with Crippen LogP contribution in [0.5, 0.6) is 0 Å². The molecule has 0 saturated carbocycles. The summed E-state index contributed by atoms with van der Waals surface area (Å²) in [5.74, 6) is 0. The van der Waals surface area contributed by atoms with Crippen molar-refractivity contribution in [2.24, 2.45) is 0 Å². The number of rotatable bonds is 5. The summed E-state index contributed by atoms with van der Waals surface area (Å²) in [4.78, 5) is 0.186. The number of benzene rings is 1. The Morgan fingerprint density at radius 1 is 1.36 bits per heavy atom. The molecule has 0 spiro atoms. The average Bonchev–Trinajstić information content (AvgIpc) is 2.47. The Morgan fingerprint density at radius 3 is 2.55 bits per heavy atom. The van der Waals surface area contributed by atoms with Gasteiger partial charge in [-0.1, -0.05) is 24.9 Å². The van der Waals surface area contributed by atoms with Crippen LogP contribution in [0.3, 0.4) is 0 Å². The highest BCUT2D eigenvalue weighted by Crippen LogP contribution is 2.28. The predicted molar refractivity (Wildman–Crippen MR) is 85.5 cm³/mol. The molecule has 2 rings (SSSR count). The second-order valence-corrected chi connectivity index (χ2v) is 7.86. The molecule has 1 fully saturated rings. The van der Waals surface area contributed by atoms with Crippen LogP contribution in [-0.4, -0.2) is 49.2 Å². The molecule has 1 unspecified atom stereocenters. The van der Waals surface area contributed by atoms with Crippen LogP contribution in [0.25, 0.3) is 0 Å². The molecule has 1 aliphatic heterocycles. The van der Waals surface area contributed by atoms with Gasteiger partial charge in [0.2, 0.25) is 10.0 Å². The van der Waals surface area contributed by atoms with Crippen molar-refractivity contribution in [3.63, 3.8) is 0 Å². The van der Waals surface area contributed by atoms with Crippen molar-refractivity contribution in [2.45, 2.75) is 49.8 Å². The number of hydrogen-bond donors (Lipinski definition) is 1. The van der Waals surface area contributed by atoms with Crippen molar-refractivity contribution in [3.05, 3.63) is 29.3 Å². The molecule has 1 saturated heterocycles. The number of aliphatic hydroxyl groups is 1.